The molecule has 0 aliphatic carbocycles. The van der Waals surface area contributed by atoms with Crippen molar-refractivity contribution in [3.63, 3.8) is 0 Å². The fraction of sp³-hybridized carbons (Fsp3) is 0.235. The molecule has 1 saturated heterocycles. The molecule has 0 saturated carbocycles. The molecule has 1 N–H and O–H groups in total. The number of benzene rings is 1. The first kappa shape index (κ1) is 14.5. The van der Waals surface area contributed by atoms with Gasteiger partial charge in [0.1, 0.15) is 11.3 Å². The predicted molar refractivity (Wildman–Crippen MR) is 89.6 cm³/mol. The van der Waals surface area contributed by atoms with Gasteiger partial charge in [-0.25, -0.2) is 9.78 Å². The Labute approximate surface area is 138 Å². The smallest absolute Gasteiger partial charge is 0.338 e. The molecule has 0 atom stereocenters. The second-order valence-corrected chi connectivity index (χ2v) is 5.62. The fourth-order valence-electron chi connectivity index (χ4n) is 2.91. The number of pyridine rings is 1. The number of carboxylic acid groups (broad SMARTS) is 1. The van der Waals surface area contributed by atoms with Gasteiger partial charge in [0.15, 0.2) is 5.58 Å². The van der Waals surface area contributed by atoms with Crippen molar-refractivity contribution in [3.8, 4) is 0 Å². The van der Waals surface area contributed by atoms with Crippen molar-refractivity contribution in [1.82, 2.24) is 9.97 Å². The normalized spacial score (nSPS) is 15.0. The molecular formula is C17H16N4O3. The molecule has 7 nitrogen and oxygen atoms in total. The largest absolute Gasteiger partial charge is 0.478 e. The number of para-hydroxylation sites is 1. The number of piperazine rings is 1. The van der Waals surface area contributed by atoms with E-state index in [2.05, 4.69) is 14.9 Å². The summed E-state index contributed by atoms with van der Waals surface area (Å²) in [7, 11) is 0. The van der Waals surface area contributed by atoms with Crippen LogP contribution in [0.1, 0.15) is 10.4 Å². The van der Waals surface area contributed by atoms with Gasteiger partial charge in [0, 0.05) is 32.4 Å². The van der Waals surface area contributed by atoms with E-state index in [0.717, 1.165) is 32.0 Å². The van der Waals surface area contributed by atoms with Crippen LogP contribution in [-0.2, 0) is 0 Å². The van der Waals surface area contributed by atoms with Gasteiger partial charge in [-0.05, 0) is 24.3 Å². The molecule has 0 amide bonds. The molecule has 3 aromatic rings. The van der Waals surface area contributed by atoms with Crippen LogP contribution >= 0.6 is 0 Å². The van der Waals surface area contributed by atoms with Crippen molar-refractivity contribution in [2.45, 2.75) is 0 Å². The van der Waals surface area contributed by atoms with Gasteiger partial charge in [0.2, 0.25) is 0 Å². The summed E-state index contributed by atoms with van der Waals surface area (Å²) in [5.41, 5.74) is 1.05. The minimum Gasteiger partial charge on any atom is -0.478 e. The molecule has 1 fully saturated rings. The molecule has 0 spiro atoms. The predicted octanol–water partition coefficient (Wildman–Crippen LogP) is 2.25. The third kappa shape index (κ3) is 2.54. The lowest BCUT2D eigenvalue weighted by molar-refractivity contribution is 0.0699. The van der Waals surface area contributed by atoms with Gasteiger partial charge < -0.3 is 19.3 Å². The lowest BCUT2D eigenvalue weighted by Gasteiger charge is -2.34. The Morgan fingerprint density at radius 3 is 2.54 bits per heavy atom. The van der Waals surface area contributed by atoms with E-state index >= 15 is 0 Å². The van der Waals surface area contributed by atoms with Crippen molar-refractivity contribution >= 4 is 28.9 Å². The summed E-state index contributed by atoms with van der Waals surface area (Å²) < 4.78 is 5.76. The van der Waals surface area contributed by atoms with Crippen molar-refractivity contribution < 1.29 is 14.3 Å². The topological polar surface area (TPSA) is 82.7 Å². The standard InChI is InChI=1S/C17H16N4O3/c22-16(23)12-4-3-5-13-15(12)19-17(24-13)21-10-8-20(9-11-21)14-6-1-2-7-18-14/h1-7H,8-11H2,(H,22,23). The quantitative estimate of drug-likeness (QED) is 0.791. The summed E-state index contributed by atoms with van der Waals surface area (Å²) in [6, 6.07) is 11.3. The van der Waals surface area contributed by atoms with Gasteiger partial charge in [0.25, 0.3) is 6.01 Å². The number of anilines is 2. The number of nitrogens with zero attached hydrogens (tertiary/aromatic N) is 4. The Morgan fingerprint density at radius 2 is 1.83 bits per heavy atom. The average molecular weight is 324 g/mol. The number of rotatable bonds is 3. The number of fused-ring (bicyclic) bond motifs is 1. The van der Waals surface area contributed by atoms with Crippen LogP contribution in [-0.4, -0.2) is 47.2 Å². The molecular weight excluding hydrogens is 308 g/mol. The summed E-state index contributed by atoms with van der Waals surface area (Å²) in [4.78, 5) is 24.3. The van der Waals surface area contributed by atoms with Crippen molar-refractivity contribution in [1.29, 1.82) is 0 Å². The zero-order valence-corrected chi connectivity index (χ0v) is 12.9. The Balaban J connectivity index is 1.55. The molecule has 122 valence electrons. The second-order valence-electron chi connectivity index (χ2n) is 5.62. The number of aromatic carboxylic acids is 1. The maximum atomic E-state index is 11.3. The summed E-state index contributed by atoms with van der Waals surface area (Å²) in [5.74, 6) is -0.0386. The van der Waals surface area contributed by atoms with E-state index in [1.807, 2.05) is 23.1 Å². The Bertz CT molecular complexity index is 870. The number of carbonyl (C=O) groups is 1. The van der Waals surface area contributed by atoms with Gasteiger partial charge in [-0.2, -0.15) is 4.98 Å². The van der Waals surface area contributed by atoms with Gasteiger partial charge in [-0.3, -0.25) is 0 Å². The van der Waals surface area contributed by atoms with Crippen LogP contribution in [0.15, 0.2) is 47.0 Å². The van der Waals surface area contributed by atoms with Gasteiger partial charge in [-0.1, -0.05) is 12.1 Å². The monoisotopic (exact) mass is 324 g/mol. The van der Waals surface area contributed by atoms with Crippen LogP contribution in [0.5, 0.6) is 0 Å². The molecule has 24 heavy (non-hydrogen) atoms. The summed E-state index contributed by atoms with van der Waals surface area (Å²) in [6.45, 7) is 3.10. The minimum absolute atomic E-state index is 0.162. The van der Waals surface area contributed by atoms with Gasteiger partial charge in [0.05, 0.1) is 5.56 Å². The van der Waals surface area contributed by atoms with Crippen LogP contribution in [0.25, 0.3) is 11.1 Å². The number of hydrogen-bond acceptors (Lipinski definition) is 6. The first-order valence-electron chi connectivity index (χ1n) is 7.76. The summed E-state index contributed by atoms with van der Waals surface area (Å²) in [6.07, 6.45) is 1.79. The lowest BCUT2D eigenvalue weighted by Crippen LogP contribution is -2.46. The van der Waals surface area contributed by atoms with E-state index in [1.54, 1.807) is 18.3 Å². The average Bonchev–Trinajstić information content (AvgIpc) is 3.06. The molecule has 1 aromatic carbocycles. The highest BCUT2D eigenvalue weighted by Gasteiger charge is 2.23. The van der Waals surface area contributed by atoms with E-state index in [0.29, 0.717) is 17.1 Å². The number of oxazole rings is 1. The minimum atomic E-state index is -1.000. The number of aromatic nitrogens is 2. The zero-order valence-electron chi connectivity index (χ0n) is 12.9. The highest BCUT2D eigenvalue weighted by molar-refractivity contribution is 6.00. The molecule has 0 bridgehead atoms. The summed E-state index contributed by atoms with van der Waals surface area (Å²) in [5, 5.41) is 9.25. The van der Waals surface area contributed by atoms with Crippen LogP contribution in [0.2, 0.25) is 0 Å². The molecule has 3 heterocycles. The van der Waals surface area contributed by atoms with Crippen molar-refractivity contribution in [3.05, 3.63) is 48.2 Å². The third-order valence-corrected chi connectivity index (χ3v) is 4.16. The van der Waals surface area contributed by atoms with E-state index < -0.39 is 5.97 Å². The third-order valence-electron chi connectivity index (χ3n) is 4.16. The van der Waals surface area contributed by atoms with Crippen molar-refractivity contribution in [2.75, 3.05) is 36.0 Å². The molecule has 0 unspecified atom stereocenters. The van der Waals surface area contributed by atoms with Crippen LogP contribution < -0.4 is 9.80 Å². The highest BCUT2D eigenvalue weighted by atomic mass is 16.4. The van der Waals surface area contributed by atoms with Crippen LogP contribution in [0, 0.1) is 0 Å². The molecule has 0 radical (unpaired) electrons. The Kier molecular flexibility index (Phi) is 3.53. The first-order chi connectivity index (χ1) is 11.7. The fourth-order valence-corrected chi connectivity index (χ4v) is 2.91. The maximum absolute atomic E-state index is 11.3. The lowest BCUT2D eigenvalue weighted by atomic mass is 10.2. The first-order valence-corrected chi connectivity index (χ1v) is 7.76. The maximum Gasteiger partial charge on any atom is 0.338 e. The molecule has 7 heteroatoms. The highest BCUT2D eigenvalue weighted by Crippen LogP contribution is 2.26. The molecule has 4 rings (SSSR count). The zero-order chi connectivity index (χ0) is 16.5. The number of hydrogen-bond donors (Lipinski definition) is 1. The van der Waals surface area contributed by atoms with Crippen LogP contribution in [0.3, 0.4) is 0 Å². The molecule has 1 aliphatic heterocycles. The van der Waals surface area contributed by atoms with E-state index in [9.17, 15) is 9.90 Å². The van der Waals surface area contributed by atoms with Crippen LogP contribution in [0.4, 0.5) is 11.8 Å². The van der Waals surface area contributed by atoms with Gasteiger partial charge in [-0.15, -0.1) is 0 Å². The molecule has 2 aromatic heterocycles. The number of carboxylic acids is 1. The van der Waals surface area contributed by atoms with E-state index in [1.165, 1.54) is 6.07 Å². The summed E-state index contributed by atoms with van der Waals surface area (Å²) >= 11 is 0. The SMILES string of the molecule is O=C(O)c1cccc2oc(N3CCN(c4ccccn4)CC3)nc12. The van der Waals surface area contributed by atoms with Gasteiger partial charge >= 0.3 is 5.97 Å². The van der Waals surface area contributed by atoms with E-state index in [-0.39, 0.29) is 5.56 Å². The Morgan fingerprint density at radius 1 is 1.04 bits per heavy atom. The Hall–Kier alpha value is -3.09. The van der Waals surface area contributed by atoms with E-state index in [4.69, 9.17) is 4.42 Å². The molecule has 1 aliphatic rings. The second kappa shape index (κ2) is 5.84. The van der Waals surface area contributed by atoms with Crippen molar-refractivity contribution in [2.24, 2.45) is 0 Å².